The van der Waals surface area contributed by atoms with Crippen molar-refractivity contribution in [1.29, 1.82) is 0 Å². The van der Waals surface area contributed by atoms with E-state index in [1.54, 1.807) is 0 Å². The first-order chi connectivity index (χ1) is 40.5. The molecule has 0 aromatic carbocycles. The molecule has 0 bridgehead atoms. The van der Waals surface area contributed by atoms with Crippen LogP contribution in [-0.2, 0) is 28.6 Å². The minimum absolute atomic E-state index is 0.0684. The summed E-state index contributed by atoms with van der Waals surface area (Å²) >= 11 is 0. The van der Waals surface area contributed by atoms with E-state index >= 15 is 0 Å². The van der Waals surface area contributed by atoms with Crippen LogP contribution in [0.4, 0.5) is 0 Å². The highest BCUT2D eigenvalue weighted by Gasteiger charge is 2.19. The van der Waals surface area contributed by atoms with Crippen LogP contribution in [0.1, 0.15) is 374 Å². The first kappa shape index (κ1) is 78.8. The van der Waals surface area contributed by atoms with E-state index in [1.165, 1.54) is 238 Å². The van der Waals surface area contributed by atoms with Gasteiger partial charge in [0.1, 0.15) is 13.2 Å². The number of hydrogen-bond donors (Lipinski definition) is 0. The van der Waals surface area contributed by atoms with Crippen LogP contribution in [0, 0.1) is 0 Å². The number of hydrogen-bond acceptors (Lipinski definition) is 6. The topological polar surface area (TPSA) is 78.9 Å². The van der Waals surface area contributed by atoms with Gasteiger partial charge in [-0.25, -0.2) is 0 Å². The van der Waals surface area contributed by atoms with E-state index in [2.05, 4.69) is 93.7 Å². The van der Waals surface area contributed by atoms with Crippen molar-refractivity contribution >= 4 is 17.9 Å². The molecule has 82 heavy (non-hydrogen) atoms. The highest BCUT2D eigenvalue weighted by atomic mass is 16.6. The Morgan fingerprint density at radius 1 is 0.256 bits per heavy atom. The van der Waals surface area contributed by atoms with Gasteiger partial charge in [-0.05, 0) is 70.6 Å². The van der Waals surface area contributed by atoms with E-state index in [0.29, 0.717) is 19.3 Å². The predicted molar refractivity (Wildman–Crippen MR) is 358 cm³/mol. The molecule has 0 saturated heterocycles. The number of carbonyl (C=O) groups excluding carboxylic acids is 3. The number of unbranched alkanes of at least 4 members (excludes halogenated alkanes) is 43. The molecule has 1 atom stereocenters. The molecule has 0 rings (SSSR count). The first-order valence-electron chi connectivity index (χ1n) is 35.9. The second-order valence-corrected chi connectivity index (χ2v) is 24.1. The molecule has 0 aromatic heterocycles. The lowest BCUT2D eigenvalue weighted by Crippen LogP contribution is -2.30. The van der Waals surface area contributed by atoms with Gasteiger partial charge < -0.3 is 14.2 Å². The van der Waals surface area contributed by atoms with Crippen molar-refractivity contribution in [1.82, 2.24) is 0 Å². The van der Waals surface area contributed by atoms with Crippen LogP contribution < -0.4 is 0 Å². The van der Waals surface area contributed by atoms with Crippen molar-refractivity contribution in [2.45, 2.75) is 380 Å². The van der Waals surface area contributed by atoms with Gasteiger partial charge in [0, 0.05) is 19.3 Å². The van der Waals surface area contributed by atoms with Gasteiger partial charge >= 0.3 is 17.9 Å². The minimum Gasteiger partial charge on any atom is -0.462 e. The second kappa shape index (κ2) is 70.3. The summed E-state index contributed by atoms with van der Waals surface area (Å²) in [6.07, 6.45) is 92.6. The van der Waals surface area contributed by atoms with Gasteiger partial charge in [-0.2, -0.15) is 0 Å². The largest absolute Gasteiger partial charge is 0.462 e. The van der Waals surface area contributed by atoms with E-state index in [1.807, 2.05) is 0 Å². The zero-order valence-corrected chi connectivity index (χ0v) is 54.8. The molecular weight excluding hydrogens is 1010 g/mol. The van der Waals surface area contributed by atoms with Crippen LogP contribution in [0.25, 0.3) is 0 Å². The van der Waals surface area contributed by atoms with Crippen LogP contribution in [0.15, 0.2) is 72.9 Å². The minimum atomic E-state index is -0.769. The summed E-state index contributed by atoms with van der Waals surface area (Å²) < 4.78 is 16.9. The Labute approximate surface area is 510 Å². The fourth-order valence-electron chi connectivity index (χ4n) is 10.6. The van der Waals surface area contributed by atoms with Crippen LogP contribution in [0.3, 0.4) is 0 Å². The van der Waals surface area contributed by atoms with E-state index in [-0.39, 0.29) is 31.1 Å². The molecule has 476 valence electrons. The molecule has 0 aliphatic carbocycles. The first-order valence-corrected chi connectivity index (χ1v) is 35.9. The summed E-state index contributed by atoms with van der Waals surface area (Å²) in [4.78, 5) is 38.2. The standard InChI is InChI=1S/C76H136O6/c1-4-7-10-13-16-18-20-22-24-26-28-30-32-33-34-35-36-37-38-39-40-41-42-43-44-46-47-49-51-53-55-57-60-63-66-69-75(78)81-72-73(71-80-74(77)68-65-62-59-15-12-9-6-3)82-76(79)70-67-64-61-58-56-54-52-50-48-45-31-29-27-25-23-21-19-17-14-11-8-5-2/h7,10,16,18,22,24,28,30,33-34,36-37,73H,4-6,8-9,11-15,17,19-21,23,25-27,29,31-32,35,38-72H2,1-3H3/b10-7-,18-16-,24-22-,30-28-,34-33-,37-36-. The lowest BCUT2D eigenvalue weighted by molar-refractivity contribution is -0.167. The van der Waals surface area contributed by atoms with Crippen LogP contribution in [0.5, 0.6) is 0 Å². The maximum absolute atomic E-state index is 12.9. The molecule has 0 amide bonds. The zero-order valence-electron chi connectivity index (χ0n) is 54.8. The lowest BCUT2D eigenvalue weighted by atomic mass is 10.0. The summed E-state index contributed by atoms with van der Waals surface area (Å²) in [6, 6.07) is 0. The van der Waals surface area contributed by atoms with Crippen molar-refractivity contribution in [2.24, 2.45) is 0 Å². The SMILES string of the molecule is CC/C=C\C/C=C\C/C=C\C/C=C\C/C=C\C/C=C\CCCCCCCCCCCCCCCCCCC(=O)OCC(COC(=O)CCCCCCCCC)OC(=O)CCCCCCCCCCCCCCCCCCCCCCCC. The lowest BCUT2D eigenvalue weighted by Gasteiger charge is -2.18. The van der Waals surface area contributed by atoms with E-state index in [0.717, 1.165) is 96.3 Å². The average molecular weight is 1150 g/mol. The van der Waals surface area contributed by atoms with Gasteiger partial charge in [-0.15, -0.1) is 0 Å². The van der Waals surface area contributed by atoms with E-state index in [4.69, 9.17) is 14.2 Å². The normalized spacial score (nSPS) is 12.5. The average Bonchev–Trinajstić information content (AvgIpc) is 3.48. The van der Waals surface area contributed by atoms with E-state index < -0.39 is 6.10 Å². The number of esters is 3. The Morgan fingerprint density at radius 3 is 0.744 bits per heavy atom. The molecule has 0 saturated carbocycles. The molecule has 0 aliphatic rings. The maximum Gasteiger partial charge on any atom is 0.306 e. The fourth-order valence-corrected chi connectivity index (χ4v) is 10.6. The molecule has 0 aromatic rings. The van der Waals surface area contributed by atoms with Crippen LogP contribution >= 0.6 is 0 Å². The third kappa shape index (κ3) is 67.6. The number of ether oxygens (including phenoxy) is 3. The highest BCUT2D eigenvalue weighted by molar-refractivity contribution is 5.71. The molecule has 6 nitrogen and oxygen atoms in total. The van der Waals surface area contributed by atoms with Crippen molar-refractivity contribution < 1.29 is 28.6 Å². The predicted octanol–water partition coefficient (Wildman–Crippen LogP) is 24.8. The van der Waals surface area contributed by atoms with Crippen LogP contribution in [-0.4, -0.2) is 37.2 Å². The van der Waals surface area contributed by atoms with Gasteiger partial charge in [0.2, 0.25) is 0 Å². The van der Waals surface area contributed by atoms with Gasteiger partial charge in [-0.1, -0.05) is 357 Å². The highest BCUT2D eigenvalue weighted by Crippen LogP contribution is 2.18. The Balaban J connectivity index is 4.00. The van der Waals surface area contributed by atoms with Gasteiger partial charge in [0.25, 0.3) is 0 Å². The van der Waals surface area contributed by atoms with Crippen molar-refractivity contribution in [2.75, 3.05) is 13.2 Å². The molecule has 0 spiro atoms. The maximum atomic E-state index is 12.9. The Morgan fingerprint density at radius 2 is 0.476 bits per heavy atom. The number of carbonyl (C=O) groups is 3. The Bertz CT molecular complexity index is 1500. The molecule has 0 aliphatic heterocycles. The molecule has 1 unspecified atom stereocenters. The second-order valence-electron chi connectivity index (χ2n) is 24.1. The molecule has 0 heterocycles. The summed E-state index contributed by atoms with van der Waals surface area (Å²) in [5, 5.41) is 0. The third-order valence-corrected chi connectivity index (χ3v) is 16.0. The summed E-state index contributed by atoms with van der Waals surface area (Å²) in [5.41, 5.74) is 0. The van der Waals surface area contributed by atoms with Crippen molar-refractivity contribution in [3.8, 4) is 0 Å². The van der Waals surface area contributed by atoms with E-state index in [9.17, 15) is 14.4 Å². The quantitative estimate of drug-likeness (QED) is 0.0261. The molecular formula is C76H136O6. The fraction of sp³-hybridized carbons (Fsp3) is 0.803. The molecule has 0 fully saturated rings. The smallest absolute Gasteiger partial charge is 0.306 e. The Hall–Kier alpha value is -3.15. The van der Waals surface area contributed by atoms with Crippen molar-refractivity contribution in [3.05, 3.63) is 72.9 Å². The summed E-state index contributed by atoms with van der Waals surface area (Å²) in [7, 11) is 0. The molecule has 0 N–H and O–H groups in total. The van der Waals surface area contributed by atoms with Gasteiger partial charge in [-0.3, -0.25) is 14.4 Å². The summed E-state index contributed by atoms with van der Waals surface area (Å²) in [6.45, 7) is 6.54. The third-order valence-electron chi connectivity index (χ3n) is 16.0. The van der Waals surface area contributed by atoms with Crippen molar-refractivity contribution in [3.63, 3.8) is 0 Å². The monoisotopic (exact) mass is 1150 g/mol. The van der Waals surface area contributed by atoms with Gasteiger partial charge in [0.15, 0.2) is 6.10 Å². The summed E-state index contributed by atoms with van der Waals surface area (Å²) in [5.74, 6) is -0.851. The molecule has 6 heteroatoms. The number of allylic oxidation sites excluding steroid dienone is 12. The molecule has 0 radical (unpaired) electrons. The zero-order chi connectivity index (χ0) is 59.2. The number of rotatable bonds is 66. The Kier molecular flexibility index (Phi) is 67.6. The van der Waals surface area contributed by atoms with Gasteiger partial charge in [0.05, 0.1) is 0 Å². The van der Waals surface area contributed by atoms with Crippen LogP contribution in [0.2, 0.25) is 0 Å².